The molecule has 0 radical (unpaired) electrons. The number of β-amino-alcohol motifs (C(OH)–C–C–N with tert-alkyl or cyclic N) is 1. The van der Waals surface area contributed by atoms with Gasteiger partial charge in [0.1, 0.15) is 0 Å². The smallest absolute Gasteiger partial charge is 0.238 e. The summed E-state index contributed by atoms with van der Waals surface area (Å²) in [5, 5.41) is 12.7. The Balaban J connectivity index is 2.15. The molecule has 4 nitrogen and oxygen atoms in total. The fraction of sp³-hybridized carbons (Fsp3) is 0.611. The molecule has 1 saturated heterocycles. The molecule has 2 rings (SSSR count). The topological polar surface area (TPSA) is 52.6 Å². The Hall–Kier alpha value is -1.39. The Labute approximate surface area is 133 Å². The standard InChI is InChI=1S/C18H28N2O2/c1-12(2)15-6-5-7-16(13(3)4)18(15)19-17(22)11-20-9-8-14(21)10-20/h5-7,12-14,21H,8-11H2,1-4H3,(H,19,22)/t14-/m0/s1. The second-order valence-corrected chi connectivity index (χ2v) is 6.85. The molecule has 0 saturated carbocycles. The summed E-state index contributed by atoms with van der Waals surface area (Å²) in [6, 6.07) is 6.24. The van der Waals surface area contributed by atoms with Crippen molar-refractivity contribution in [2.45, 2.75) is 52.1 Å². The minimum atomic E-state index is -0.290. The lowest BCUT2D eigenvalue weighted by atomic mass is 9.92. The Kier molecular flexibility index (Phi) is 5.59. The van der Waals surface area contributed by atoms with Gasteiger partial charge in [0.2, 0.25) is 5.91 Å². The quantitative estimate of drug-likeness (QED) is 0.879. The summed E-state index contributed by atoms with van der Waals surface area (Å²) in [7, 11) is 0. The highest BCUT2D eigenvalue weighted by molar-refractivity contribution is 5.94. The Morgan fingerprint density at radius 2 is 1.86 bits per heavy atom. The number of benzene rings is 1. The molecule has 1 aromatic rings. The summed E-state index contributed by atoms with van der Waals surface area (Å²) in [5.74, 6) is 0.731. The van der Waals surface area contributed by atoms with E-state index in [0.29, 0.717) is 24.9 Å². The fourth-order valence-electron chi connectivity index (χ4n) is 3.03. The molecule has 1 heterocycles. The summed E-state index contributed by atoms with van der Waals surface area (Å²) in [4.78, 5) is 14.4. The van der Waals surface area contributed by atoms with Crippen molar-refractivity contribution in [3.8, 4) is 0 Å². The number of nitrogens with zero attached hydrogens (tertiary/aromatic N) is 1. The average molecular weight is 304 g/mol. The lowest BCUT2D eigenvalue weighted by Gasteiger charge is -2.21. The molecule has 4 heteroatoms. The average Bonchev–Trinajstić information content (AvgIpc) is 2.83. The molecule has 1 amide bonds. The number of hydrogen-bond donors (Lipinski definition) is 2. The van der Waals surface area contributed by atoms with Crippen molar-refractivity contribution in [3.63, 3.8) is 0 Å². The molecule has 1 aliphatic rings. The first-order chi connectivity index (χ1) is 10.4. The molecular formula is C18H28N2O2. The maximum atomic E-state index is 12.4. The van der Waals surface area contributed by atoms with E-state index in [1.807, 2.05) is 4.90 Å². The molecule has 122 valence electrons. The van der Waals surface area contributed by atoms with Gasteiger partial charge in [-0.2, -0.15) is 0 Å². The van der Waals surface area contributed by atoms with Gasteiger partial charge in [0.25, 0.3) is 0 Å². The third kappa shape index (κ3) is 4.08. The van der Waals surface area contributed by atoms with Crippen molar-refractivity contribution in [2.24, 2.45) is 0 Å². The summed E-state index contributed by atoms with van der Waals surface area (Å²) < 4.78 is 0. The zero-order valence-corrected chi connectivity index (χ0v) is 14.1. The second kappa shape index (κ2) is 7.25. The summed E-state index contributed by atoms with van der Waals surface area (Å²) in [5.41, 5.74) is 3.33. The van der Waals surface area contributed by atoms with E-state index < -0.39 is 0 Å². The molecule has 1 aliphatic heterocycles. The SMILES string of the molecule is CC(C)c1cccc(C(C)C)c1NC(=O)CN1CC[C@H](O)C1. The third-order valence-electron chi connectivity index (χ3n) is 4.25. The van der Waals surface area contributed by atoms with Crippen LogP contribution in [-0.4, -0.2) is 41.7 Å². The summed E-state index contributed by atoms with van der Waals surface area (Å²) in [6.07, 6.45) is 0.467. The van der Waals surface area contributed by atoms with Gasteiger partial charge in [-0.05, 0) is 29.4 Å². The zero-order chi connectivity index (χ0) is 16.3. The van der Waals surface area contributed by atoms with E-state index in [9.17, 15) is 9.90 Å². The van der Waals surface area contributed by atoms with Gasteiger partial charge in [0.05, 0.1) is 12.6 Å². The number of nitrogens with one attached hydrogen (secondary N) is 1. The number of rotatable bonds is 5. The van der Waals surface area contributed by atoms with Gasteiger partial charge in [0, 0.05) is 18.8 Å². The number of aliphatic hydroxyl groups is 1. The van der Waals surface area contributed by atoms with E-state index in [4.69, 9.17) is 0 Å². The highest BCUT2D eigenvalue weighted by Crippen LogP contribution is 2.32. The van der Waals surface area contributed by atoms with Crippen LogP contribution in [-0.2, 0) is 4.79 Å². The number of para-hydroxylation sites is 1. The molecule has 0 aromatic heterocycles. The molecule has 1 fully saturated rings. The number of likely N-dealkylation sites (tertiary alicyclic amines) is 1. The van der Waals surface area contributed by atoms with Crippen LogP contribution in [0.2, 0.25) is 0 Å². The maximum absolute atomic E-state index is 12.4. The van der Waals surface area contributed by atoms with Crippen LogP contribution in [0.1, 0.15) is 57.1 Å². The van der Waals surface area contributed by atoms with Gasteiger partial charge in [-0.25, -0.2) is 0 Å². The first-order valence-electron chi connectivity index (χ1n) is 8.21. The Bertz CT molecular complexity index is 500. The van der Waals surface area contributed by atoms with Crippen molar-refractivity contribution in [2.75, 3.05) is 25.0 Å². The van der Waals surface area contributed by atoms with Crippen molar-refractivity contribution in [1.82, 2.24) is 4.90 Å². The second-order valence-electron chi connectivity index (χ2n) is 6.85. The van der Waals surface area contributed by atoms with Crippen molar-refractivity contribution in [3.05, 3.63) is 29.3 Å². The highest BCUT2D eigenvalue weighted by atomic mass is 16.3. The molecule has 0 aliphatic carbocycles. The van der Waals surface area contributed by atoms with E-state index in [-0.39, 0.29) is 12.0 Å². The molecule has 0 bridgehead atoms. The van der Waals surface area contributed by atoms with Gasteiger partial charge < -0.3 is 10.4 Å². The van der Waals surface area contributed by atoms with Crippen LogP contribution in [0.15, 0.2) is 18.2 Å². The van der Waals surface area contributed by atoms with Gasteiger partial charge in [-0.3, -0.25) is 9.69 Å². The predicted octanol–water partition coefficient (Wildman–Crippen LogP) is 2.94. The lowest BCUT2D eigenvalue weighted by Crippen LogP contribution is -2.32. The van der Waals surface area contributed by atoms with Crippen LogP contribution in [0.3, 0.4) is 0 Å². The van der Waals surface area contributed by atoms with Crippen LogP contribution in [0.25, 0.3) is 0 Å². The molecule has 0 unspecified atom stereocenters. The largest absolute Gasteiger partial charge is 0.392 e. The summed E-state index contributed by atoms with van der Waals surface area (Å²) >= 11 is 0. The Morgan fingerprint density at radius 3 is 2.32 bits per heavy atom. The molecular weight excluding hydrogens is 276 g/mol. The third-order valence-corrected chi connectivity index (χ3v) is 4.25. The molecule has 22 heavy (non-hydrogen) atoms. The van der Waals surface area contributed by atoms with Gasteiger partial charge >= 0.3 is 0 Å². The van der Waals surface area contributed by atoms with Crippen LogP contribution in [0.5, 0.6) is 0 Å². The van der Waals surface area contributed by atoms with Crippen LogP contribution in [0, 0.1) is 0 Å². The maximum Gasteiger partial charge on any atom is 0.238 e. The van der Waals surface area contributed by atoms with Crippen LogP contribution >= 0.6 is 0 Å². The summed E-state index contributed by atoms with van der Waals surface area (Å²) in [6.45, 7) is 10.3. The normalized spacial score (nSPS) is 19.1. The van der Waals surface area contributed by atoms with Crippen molar-refractivity contribution in [1.29, 1.82) is 0 Å². The molecule has 0 spiro atoms. The predicted molar refractivity (Wildman–Crippen MR) is 90.3 cm³/mol. The lowest BCUT2D eigenvalue weighted by molar-refractivity contribution is -0.117. The number of hydrogen-bond acceptors (Lipinski definition) is 3. The minimum Gasteiger partial charge on any atom is -0.392 e. The molecule has 1 atom stereocenters. The number of carbonyl (C=O) groups is 1. The first kappa shape index (κ1) is 17.0. The van der Waals surface area contributed by atoms with E-state index in [1.54, 1.807) is 0 Å². The van der Waals surface area contributed by atoms with Crippen LogP contribution in [0.4, 0.5) is 5.69 Å². The number of amides is 1. The number of aliphatic hydroxyl groups excluding tert-OH is 1. The molecule has 1 aromatic carbocycles. The monoisotopic (exact) mass is 304 g/mol. The number of anilines is 1. The molecule has 2 N–H and O–H groups in total. The van der Waals surface area contributed by atoms with Crippen molar-refractivity contribution < 1.29 is 9.90 Å². The van der Waals surface area contributed by atoms with Crippen molar-refractivity contribution >= 4 is 11.6 Å². The van der Waals surface area contributed by atoms with E-state index >= 15 is 0 Å². The highest BCUT2D eigenvalue weighted by Gasteiger charge is 2.23. The zero-order valence-electron chi connectivity index (χ0n) is 14.1. The van der Waals surface area contributed by atoms with Crippen LogP contribution < -0.4 is 5.32 Å². The van der Waals surface area contributed by atoms with E-state index in [2.05, 4.69) is 51.2 Å². The fourth-order valence-corrected chi connectivity index (χ4v) is 3.03. The van der Waals surface area contributed by atoms with Gasteiger partial charge in [-0.15, -0.1) is 0 Å². The number of carbonyl (C=O) groups excluding carboxylic acids is 1. The minimum absolute atomic E-state index is 0.00380. The van der Waals surface area contributed by atoms with Gasteiger partial charge in [-0.1, -0.05) is 45.9 Å². The van der Waals surface area contributed by atoms with E-state index in [0.717, 1.165) is 18.7 Å². The van der Waals surface area contributed by atoms with E-state index in [1.165, 1.54) is 11.1 Å². The Morgan fingerprint density at radius 1 is 1.27 bits per heavy atom. The first-order valence-corrected chi connectivity index (χ1v) is 8.21. The van der Waals surface area contributed by atoms with Gasteiger partial charge in [0.15, 0.2) is 0 Å².